The van der Waals surface area contributed by atoms with Crippen molar-refractivity contribution in [2.24, 2.45) is 0 Å². The van der Waals surface area contributed by atoms with Crippen molar-refractivity contribution < 1.29 is 18.7 Å². The Morgan fingerprint density at radius 3 is 2.69 bits per heavy atom. The van der Waals surface area contributed by atoms with Crippen molar-refractivity contribution in [2.75, 3.05) is 19.0 Å². The van der Waals surface area contributed by atoms with Crippen molar-refractivity contribution in [1.82, 2.24) is 5.32 Å². The van der Waals surface area contributed by atoms with E-state index in [0.717, 1.165) is 23.8 Å². The molecule has 0 aliphatic heterocycles. The molecule has 0 unspecified atom stereocenters. The molecular formula is C22H22N2O5. The summed E-state index contributed by atoms with van der Waals surface area (Å²) in [4.78, 5) is 35.6. The fourth-order valence-electron chi connectivity index (χ4n) is 3.00. The number of anilines is 1. The molecule has 0 radical (unpaired) electrons. The van der Waals surface area contributed by atoms with Gasteiger partial charge in [0.15, 0.2) is 6.61 Å². The summed E-state index contributed by atoms with van der Waals surface area (Å²) < 4.78 is 10.8. The van der Waals surface area contributed by atoms with Gasteiger partial charge in [-0.15, -0.1) is 0 Å². The van der Waals surface area contributed by atoms with Gasteiger partial charge in [0.1, 0.15) is 11.3 Å². The Balaban J connectivity index is 1.68. The summed E-state index contributed by atoms with van der Waals surface area (Å²) in [5.74, 6) is -0.193. The summed E-state index contributed by atoms with van der Waals surface area (Å²) in [7, 11) is 1.54. The number of fused-ring (bicyclic) bond motifs is 1. The van der Waals surface area contributed by atoms with Gasteiger partial charge >= 0.3 is 5.63 Å². The summed E-state index contributed by atoms with van der Waals surface area (Å²) in [5, 5.41) is 6.07. The fraction of sp³-hybridized carbons (Fsp3) is 0.227. The number of hydrogen-bond acceptors (Lipinski definition) is 5. The maximum absolute atomic E-state index is 12.2. The van der Waals surface area contributed by atoms with E-state index >= 15 is 0 Å². The van der Waals surface area contributed by atoms with Crippen molar-refractivity contribution in [2.45, 2.75) is 19.8 Å². The van der Waals surface area contributed by atoms with Gasteiger partial charge in [0.2, 0.25) is 0 Å². The van der Waals surface area contributed by atoms with Crippen LogP contribution in [-0.2, 0) is 11.2 Å². The minimum atomic E-state index is -0.410. The average molecular weight is 394 g/mol. The second-order valence-corrected chi connectivity index (χ2v) is 6.50. The molecule has 3 aromatic rings. The van der Waals surface area contributed by atoms with Crippen LogP contribution in [0.25, 0.3) is 11.0 Å². The predicted molar refractivity (Wildman–Crippen MR) is 110 cm³/mol. The van der Waals surface area contributed by atoms with Crippen LogP contribution in [0.3, 0.4) is 0 Å². The number of aryl methyl sites for hydroxylation is 1. The average Bonchev–Trinajstić information content (AvgIpc) is 2.71. The lowest BCUT2D eigenvalue weighted by Crippen LogP contribution is -2.21. The van der Waals surface area contributed by atoms with Crippen LogP contribution in [0.2, 0.25) is 0 Å². The van der Waals surface area contributed by atoms with Gasteiger partial charge in [0.25, 0.3) is 11.8 Å². The molecule has 0 aliphatic rings. The van der Waals surface area contributed by atoms with Gasteiger partial charge < -0.3 is 19.8 Å². The minimum Gasteiger partial charge on any atom is -0.484 e. The third-order valence-corrected chi connectivity index (χ3v) is 4.33. The second kappa shape index (κ2) is 9.05. The van der Waals surface area contributed by atoms with E-state index in [9.17, 15) is 14.4 Å². The number of carbonyl (C=O) groups excluding carboxylic acids is 2. The fourth-order valence-corrected chi connectivity index (χ4v) is 3.00. The second-order valence-electron chi connectivity index (χ2n) is 6.50. The molecule has 2 N–H and O–H groups in total. The molecule has 7 heteroatoms. The number of amides is 2. The van der Waals surface area contributed by atoms with E-state index in [4.69, 9.17) is 9.15 Å². The van der Waals surface area contributed by atoms with Gasteiger partial charge in [-0.3, -0.25) is 9.59 Å². The SMILES string of the molecule is CCCc1cc(=O)oc2cc(OCC(=O)Nc3cccc(C(=O)NC)c3)ccc12. The topological polar surface area (TPSA) is 97.6 Å². The molecule has 0 atom stereocenters. The van der Waals surface area contributed by atoms with Gasteiger partial charge in [0, 0.05) is 35.8 Å². The summed E-state index contributed by atoms with van der Waals surface area (Å²) in [5.41, 5.74) is 1.88. The van der Waals surface area contributed by atoms with E-state index in [2.05, 4.69) is 10.6 Å². The lowest BCUT2D eigenvalue weighted by molar-refractivity contribution is -0.118. The maximum atomic E-state index is 12.2. The highest BCUT2D eigenvalue weighted by Gasteiger charge is 2.10. The molecule has 2 amide bonds. The Hall–Kier alpha value is -3.61. The molecule has 0 bridgehead atoms. The Bertz CT molecular complexity index is 1100. The van der Waals surface area contributed by atoms with Gasteiger partial charge in [0.05, 0.1) is 0 Å². The van der Waals surface area contributed by atoms with Crippen LogP contribution in [0.5, 0.6) is 5.75 Å². The maximum Gasteiger partial charge on any atom is 0.336 e. The Morgan fingerprint density at radius 2 is 1.93 bits per heavy atom. The van der Waals surface area contributed by atoms with E-state index in [0.29, 0.717) is 22.6 Å². The standard InChI is InChI=1S/C22H22N2O5/c1-3-5-14-11-21(26)29-19-12-17(8-9-18(14)19)28-13-20(25)24-16-7-4-6-15(10-16)22(27)23-2/h4,6-12H,3,5,13H2,1-2H3,(H,23,27)(H,24,25). The van der Waals surface area contributed by atoms with Crippen molar-refractivity contribution in [3.05, 3.63) is 70.1 Å². The van der Waals surface area contributed by atoms with Crippen molar-refractivity contribution in [3.63, 3.8) is 0 Å². The molecule has 1 heterocycles. The van der Waals surface area contributed by atoms with Crippen LogP contribution in [-0.4, -0.2) is 25.5 Å². The van der Waals surface area contributed by atoms with Crippen LogP contribution >= 0.6 is 0 Å². The number of hydrogen-bond donors (Lipinski definition) is 2. The largest absolute Gasteiger partial charge is 0.484 e. The van der Waals surface area contributed by atoms with E-state index < -0.39 is 5.63 Å². The lowest BCUT2D eigenvalue weighted by Gasteiger charge is -2.10. The molecule has 0 saturated carbocycles. The summed E-state index contributed by atoms with van der Waals surface area (Å²) in [6.45, 7) is 1.81. The molecule has 150 valence electrons. The highest BCUT2D eigenvalue weighted by molar-refractivity contribution is 5.97. The predicted octanol–water partition coefficient (Wildman–Crippen LogP) is 3.12. The Kier molecular flexibility index (Phi) is 6.29. The van der Waals surface area contributed by atoms with E-state index in [-0.39, 0.29) is 18.4 Å². The molecule has 0 saturated heterocycles. The highest BCUT2D eigenvalue weighted by Crippen LogP contribution is 2.23. The Morgan fingerprint density at radius 1 is 1.10 bits per heavy atom. The van der Waals surface area contributed by atoms with Crippen molar-refractivity contribution in [3.8, 4) is 5.75 Å². The first-order chi connectivity index (χ1) is 14.0. The first-order valence-corrected chi connectivity index (χ1v) is 9.31. The lowest BCUT2D eigenvalue weighted by atomic mass is 10.1. The number of ether oxygens (including phenoxy) is 1. The zero-order chi connectivity index (χ0) is 20.8. The summed E-state index contributed by atoms with van der Waals surface area (Å²) in [6.07, 6.45) is 1.69. The normalized spacial score (nSPS) is 10.6. The van der Waals surface area contributed by atoms with Crippen LogP contribution < -0.4 is 21.0 Å². The quantitative estimate of drug-likeness (QED) is 0.600. The highest BCUT2D eigenvalue weighted by atomic mass is 16.5. The van der Waals surface area contributed by atoms with E-state index in [1.54, 1.807) is 36.4 Å². The van der Waals surface area contributed by atoms with Crippen molar-refractivity contribution >= 4 is 28.5 Å². The molecule has 7 nitrogen and oxygen atoms in total. The van der Waals surface area contributed by atoms with Crippen LogP contribution in [0, 0.1) is 0 Å². The van der Waals surface area contributed by atoms with Crippen molar-refractivity contribution in [1.29, 1.82) is 0 Å². The molecule has 0 fully saturated rings. The Labute approximate surface area is 167 Å². The van der Waals surface area contributed by atoms with Crippen LogP contribution in [0.15, 0.2) is 57.7 Å². The molecule has 2 aromatic carbocycles. The third kappa shape index (κ3) is 5.01. The first-order valence-electron chi connectivity index (χ1n) is 9.31. The monoisotopic (exact) mass is 394 g/mol. The minimum absolute atomic E-state index is 0.228. The van der Waals surface area contributed by atoms with E-state index in [1.807, 2.05) is 13.0 Å². The number of rotatable bonds is 7. The summed E-state index contributed by atoms with van der Waals surface area (Å²) in [6, 6.07) is 13.3. The first kappa shape index (κ1) is 20.1. The summed E-state index contributed by atoms with van der Waals surface area (Å²) >= 11 is 0. The van der Waals surface area contributed by atoms with Crippen LogP contribution in [0.1, 0.15) is 29.3 Å². The molecule has 0 aliphatic carbocycles. The van der Waals surface area contributed by atoms with E-state index in [1.165, 1.54) is 13.1 Å². The molecule has 3 rings (SSSR count). The molecular weight excluding hydrogens is 372 g/mol. The molecule has 1 aromatic heterocycles. The van der Waals surface area contributed by atoms with Gasteiger partial charge in [-0.2, -0.15) is 0 Å². The number of nitrogens with one attached hydrogen (secondary N) is 2. The smallest absolute Gasteiger partial charge is 0.336 e. The van der Waals surface area contributed by atoms with Gasteiger partial charge in [-0.25, -0.2) is 4.79 Å². The third-order valence-electron chi connectivity index (χ3n) is 4.33. The number of benzene rings is 2. The number of carbonyl (C=O) groups is 2. The zero-order valence-electron chi connectivity index (χ0n) is 16.3. The van der Waals surface area contributed by atoms with Crippen LogP contribution in [0.4, 0.5) is 5.69 Å². The van der Waals surface area contributed by atoms with Gasteiger partial charge in [-0.05, 0) is 42.3 Å². The molecule has 0 spiro atoms. The molecule has 29 heavy (non-hydrogen) atoms. The zero-order valence-corrected chi connectivity index (χ0v) is 16.3. The van der Waals surface area contributed by atoms with Gasteiger partial charge in [-0.1, -0.05) is 19.4 Å².